The van der Waals surface area contributed by atoms with E-state index >= 15 is 0 Å². The van der Waals surface area contributed by atoms with E-state index in [0.29, 0.717) is 18.6 Å². The highest BCUT2D eigenvalue weighted by Gasteiger charge is 2.29. The SMILES string of the molecule is CC(NC(=O)NC1CCOC1)C1CC1. The zero-order valence-corrected chi connectivity index (χ0v) is 8.58. The normalized spacial score (nSPS) is 28.5. The molecule has 2 rings (SSSR count). The lowest BCUT2D eigenvalue weighted by Crippen LogP contribution is -2.46. The zero-order valence-electron chi connectivity index (χ0n) is 8.58. The molecule has 0 aromatic rings. The van der Waals surface area contributed by atoms with Gasteiger partial charge in [0, 0.05) is 12.6 Å². The highest BCUT2D eigenvalue weighted by Crippen LogP contribution is 2.32. The molecule has 2 fully saturated rings. The van der Waals surface area contributed by atoms with E-state index in [1.807, 2.05) is 0 Å². The molecule has 0 radical (unpaired) electrons. The van der Waals surface area contributed by atoms with Crippen molar-refractivity contribution in [2.75, 3.05) is 13.2 Å². The van der Waals surface area contributed by atoms with Gasteiger partial charge < -0.3 is 15.4 Å². The van der Waals surface area contributed by atoms with Crippen LogP contribution in [0, 0.1) is 5.92 Å². The first kappa shape index (κ1) is 9.77. The summed E-state index contributed by atoms with van der Waals surface area (Å²) in [4.78, 5) is 11.5. The first-order valence-corrected chi connectivity index (χ1v) is 5.40. The predicted molar refractivity (Wildman–Crippen MR) is 53.1 cm³/mol. The van der Waals surface area contributed by atoms with Crippen molar-refractivity contribution in [3.8, 4) is 0 Å². The van der Waals surface area contributed by atoms with Crippen molar-refractivity contribution in [3.63, 3.8) is 0 Å². The fourth-order valence-corrected chi connectivity index (χ4v) is 1.80. The third-order valence-corrected chi connectivity index (χ3v) is 2.95. The van der Waals surface area contributed by atoms with Crippen LogP contribution in [0.2, 0.25) is 0 Å². The van der Waals surface area contributed by atoms with Crippen molar-refractivity contribution in [1.29, 1.82) is 0 Å². The number of ether oxygens (including phenoxy) is 1. The standard InChI is InChI=1S/C10H18N2O2/c1-7(8-2-3-8)11-10(13)12-9-4-5-14-6-9/h7-9H,2-6H2,1H3,(H2,11,12,13). The molecule has 1 aliphatic carbocycles. The number of carbonyl (C=O) groups excluding carboxylic acids is 1. The Hall–Kier alpha value is -0.770. The lowest BCUT2D eigenvalue weighted by Gasteiger charge is -2.16. The molecule has 0 spiro atoms. The Bertz CT molecular complexity index is 204. The quantitative estimate of drug-likeness (QED) is 0.707. The minimum absolute atomic E-state index is 0.0418. The van der Waals surface area contributed by atoms with Crippen LogP contribution in [-0.2, 0) is 4.74 Å². The summed E-state index contributed by atoms with van der Waals surface area (Å²) in [5, 5.41) is 5.88. The van der Waals surface area contributed by atoms with Crippen molar-refractivity contribution in [2.24, 2.45) is 5.92 Å². The summed E-state index contributed by atoms with van der Waals surface area (Å²) in [6.07, 6.45) is 3.45. The number of hydrogen-bond donors (Lipinski definition) is 2. The van der Waals surface area contributed by atoms with E-state index < -0.39 is 0 Å². The molecule has 1 aliphatic heterocycles. The second-order valence-corrected chi connectivity index (χ2v) is 4.30. The predicted octanol–water partition coefficient (Wildman–Crippen LogP) is 0.873. The Balaban J connectivity index is 1.66. The Morgan fingerprint density at radius 3 is 2.79 bits per heavy atom. The molecular formula is C10H18N2O2. The minimum atomic E-state index is -0.0418. The maximum Gasteiger partial charge on any atom is 0.315 e. The Morgan fingerprint density at radius 1 is 1.43 bits per heavy atom. The molecule has 2 unspecified atom stereocenters. The highest BCUT2D eigenvalue weighted by atomic mass is 16.5. The molecular weight excluding hydrogens is 180 g/mol. The summed E-state index contributed by atoms with van der Waals surface area (Å²) in [6, 6.07) is 0.485. The molecule has 4 heteroatoms. The number of amides is 2. The van der Waals surface area contributed by atoms with Crippen LogP contribution in [0.5, 0.6) is 0 Å². The second kappa shape index (κ2) is 4.17. The number of carbonyl (C=O) groups is 1. The van der Waals surface area contributed by atoms with Gasteiger partial charge in [-0.2, -0.15) is 0 Å². The van der Waals surface area contributed by atoms with Gasteiger partial charge in [-0.25, -0.2) is 4.79 Å². The van der Waals surface area contributed by atoms with Crippen molar-refractivity contribution in [3.05, 3.63) is 0 Å². The van der Waals surface area contributed by atoms with Gasteiger partial charge in [0.15, 0.2) is 0 Å². The third-order valence-electron chi connectivity index (χ3n) is 2.95. The van der Waals surface area contributed by atoms with Gasteiger partial charge in [-0.15, -0.1) is 0 Å². The molecule has 1 saturated carbocycles. The van der Waals surface area contributed by atoms with Gasteiger partial charge in [0.05, 0.1) is 12.6 Å². The molecule has 2 N–H and O–H groups in total. The van der Waals surface area contributed by atoms with Crippen LogP contribution in [0.1, 0.15) is 26.2 Å². The van der Waals surface area contributed by atoms with E-state index in [1.54, 1.807) is 0 Å². The average molecular weight is 198 g/mol. The van der Waals surface area contributed by atoms with Crippen LogP contribution >= 0.6 is 0 Å². The molecule has 0 bridgehead atoms. The topological polar surface area (TPSA) is 50.4 Å². The molecule has 1 heterocycles. The molecule has 0 aromatic carbocycles. The molecule has 2 atom stereocenters. The molecule has 2 aliphatic rings. The number of hydrogen-bond acceptors (Lipinski definition) is 2. The van der Waals surface area contributed by atoms with Crippen LogP contribution in [0.25, 0.3) is 0 Å². The van der Waals surface area contributed by atoms with Crippen LogP contribution in [0.3, 0.4) is 0 Å². The molecule has 2 amide bonds. The van der Waals surface area contributed by atoms with Crippen molar-refractivity contribution in [1.82, 2.24) is 10.6 Å². The largest absolute Gasteiger partial charge is 0.379 e. The fraction of sp³-hybridized carbons (Fsp3) is 0.900. The smallest absolute Gasteiger partial charge is 0.315 e. The van der Waals surface area contributed by atoms with E-state index in [2.05, 4.69) is 17.6 Å². The maximum absolute atomic E-state index is 11.5. The third kappa shape index (κ3) is 2.61. The zero-order chi connectivity index (χ0) is 9.97. The van der Waals surface area contributed by atoms with E-state index in [9.17, 15) is 4.79 Å². The van der Waals surface area contributed by atoms with E-state index in [0.717, 1.165) is 13.0 Å². The van der Waals surface area contributed by atoms with Crippen LogP contribution in [0.4, 0.5) is 4.79 Å². The Morgan fingerprint density at radius 2 is 2.21 bits per heavy atom. The van der Waals surface area contributed by atoms with Crippen LogP contribution in [0.15, 0.2) is 0 Å². The summed E-state index contributed by atoms with van der Waals surface area (Å²) in [5.41, 5.74) is 0. The first-order chi connectivity index (χ1) is 6.75. The minimum Gasteiger partial charge on any atom is -0.379 e. The van der Waals surface area contributed by atoms with Gasteiger partial charge in [0.25, 0.3) is 0 Å². The van der Waals surface area contributed by atoms with E-state index in [4.69, 9.17) is 4.74 Å². The van der Waals surface area contributed by atoms with Crippen molar-refractivity contribution >= 4 is 6.03 Å². The maximum atomic E-state index is 11.5. The highest BCUT2D eigenvalue weighted by molar-refractivity contribution is 5.74. The van der Waals surface area contributed by atoms with Gasteiger partial charge >= 0.3 is 6.03 Å². The number of nitrogens with one attached hydrogen (secondary N) is 2. The van der Waals surface area contributed by atoms with Gasteiger partial charge in [-0.1, -0.05) is 0 Å². The van der Waals surface area contributed by atoms with Crippen molar-refractivity contribution in [2.45, 2.75) is 38.3 Å². The van der Waals surface area contributed by atoms with Crippen LogP contribution in [-0.4, -0.2) is 31.3 Å². The second-order valence-electron chi connectivity index (χ2n) is 4.30. The van der Waals surface area contributed by atoms with Gasteiger partial charge in [-0.3, -0.25) is 0 Å². The number of rotatable bonds is 3. The summed E-state index contributed by atoms with van der Waals surface area (Å²) in [5.74, 6) is 0.709. The van der Waals surface area contributed by atoms with Gasteiger partial charge in [0.2, 0.25) is 0 Å². The monoisotopic (exact) mass is 198 g/mol. The fourth-order valence-electron chi connectivity index (χ4n) is 1.80. The van der Waals surface area contributed by atoms with Crippen molar-refractivity contribution < 1.29 is 9.53 Å². The molecule has 1 saturated heterocycles. The summed E-state index contributed by atoms with van der Waals surface area (Å²) < 4.78 is 5.18. The van der Waals surface area contributed by atoms with E-state index in [1.165, 1.54) is 12.8 Å². The van der Waals surface area contributed by atoms with Crippen LogP contribution < -0.4 is 10.6 Å². The molecule has 0 aromatic heterocycles. The Kier molecular flexibility index (Phi) is 2.91. The summed E-state index contributed by atoms with van der Waals surface area (Å²) >= 11 is 0. The molecule has 80 valence electrons. The summed E-state index contributed by atoms with van der Waals surface area (Å²) in [7, 11) is 0. The number of urea groups is 1. The average Bonchev–Trinajstić information content (AvgIpc) is 2.87. The summed E-state index contributed by atoms with van der Waals surface area (Å²) in [6.45, 7) is 3.50. The lowest BCUT2D eigenvalue weighted by atomic mass is 10.2. The first-order valence-electron chi connectivity index (χ1n) is 5.40. The molecule has 14 heavy (non-hydrogen) atoms. The van der Waals surface area contributed by atoms with Gasteiger partial charge in [0.1, 0.15) is 0 Å². The van der Waals surface area contributed by atoms with Gasteiger partial charge in [-0.05, 0) is 32.1 Å². The van der Waals surface area contributed by atoms with E-state index in [-0.39, 0.29) is 12.1 Å². The lowest BCUT2D eigenvalue weighted by molar-refractivity contribution is 0.188. The Labute approximate surface area is 84.4 Å². The molecule has 4 nitrogen and oxygen atoms in total.